The Labute approximate surface area is 55.7 Å². The van der Waals surface area contributed by atoms with E-state index in [0.717, 1.165) is 0 Å². The summed E-state index contributed by atoms with van der Waals surface area (Å²) in [6, 6.07) is 3.73. The Bertz CT molecular complexity index is 221. The molecule has 0 unspecified atom stereocenters. The molecule has 0 aliphatic carbocycles. The van der Waals surface area contributed by atoms with E-state index < -0.39 is 0 Å². The summed E-state index contributed by atoms with van der Waals surface area (Å²) in [5.74, 6) is 0. The van der Waals surface area contributed by atoms with Gasteiger partial charge in [-0.2, -0.15) is 5.26 Å². The van der Waals surface area contributed by atoms with E-state index in [1.54, 1.807) is 22.1 Å². The van der Waals surface area contributed by atoms with Crippen LogP contribution in [0.4, 0.5) is 0 Å². The molecule has 0 amide bonds. The van der Waals surface area contributed by atoms with Crippen molar-refractivity contribution in [3.63, 3.8) is 0 Å². The fraction of sp³-hybridized carbons (Fsp3) is 0. The van der Waals surface area contributed by atoms with Gasteiger partial charge in [-0.05, 0) is 6.07 Å². The molecule has 1 heterocycles. The van der Waals surface area contributed by atoms with Crippen molar-refractivity contribution in [3.05, 3.63) is 24.0 Å². The molecular formula is C5H3BrN2. The lowest BCUT2D eigenvalue weighted by Gasteiger charge is -1.75. The van der Waals surface area contributed by atoms with Crippen molar-refractivity contribution in [3.8, 4) is 6.07 Å². The average Bonchev–Trinajstić information content (AvgIpc) is 2.14. The molecule has 1 rings (SSSR count). The molecule has 40 valence electrons. The minimum absolute atomic E-state index is 0.668. The van der Waals surface area contributed by atoms with Crippen molar-refractivity contribution in [2.75, 3.05) is 0 Å². The van der Waals surface area contributed by atoms with Crippen LogP contribution >= 0.6 is 16.1 Å². The summed E-state index contributed by atoms with van der Waals surface area (Å²) >= 11 is 3.14. The predicted molar refractivity (Wildman–Crippen MR) is 33.5 cm³/mol. The van der Waals surface area contributed by atoms with E-state index in [1.807, 2.05) is 6.07 Å². The highest BCUT2D eigenvalue weighted by atomic mass is 79.9. The minimum atomic E-state index is 0.668. The van der Waals surface area contributed by atoms with Gasteiger partial charge in [-0.3, -0.25) is 3.59 Å². The Hall–Kier alpha value is -0.750. The maximum Gasteiger partial charge on any atom is 0.101 e. The number of hydrogen-bond acceptors (Lipinski definition) is 1. The molecule has 3 heteroatoms. The SMILES string of the molecule is N#Cc1ccn(Br)c1. The van der Waals surface area contributed by atoms with Gasteiger partial charge in [0.2, 0.25) is 0 Å². The third-order valence-corrected chi connectivity index (χ3v) is 1.23. The van der Waals surface area contributed by atoms with Gasteiger partial charge in [-0.1, -0.05) is 0 Å². The van der Waals surface area contributed by atoms with Gasteiger partial charge in [0.05, 0.1) is 21.7 Å². The minimum Gasteiger partial charge on any atom is -0.290 e. The van der Waals surface area contributed by atoms with Crippen LogP contribution in [0.2, 0.25) is 0 Å². The Morgan fingerprint density at radius 3 is 2.75 bits per heavy atom. The molecule has 0 aromatic carbocycles. The van der Waals surface area contributed by atoms with Crippen LogP contribution in [0.1, 0.15) is 5.56 Å². The van der Waals surface area contributed by atoms with Crippen LogP contribution < -0.4 is 0 Å². The maximum atomic E-state index is 8.27. The van der Waals surface area contributed by atoms with Gasteiger partial charge in [0.25, 0.3) is 0 Å². The van der Waals surface area contributed by atoms with Crippen molar-refractivity contribution in [2.24, 2.45) is 0 Å². The van der Waals surface area contributed by atoms with Crippen molar-refractivity contribution >= 4 is 16.1 Å². The fourth-order valence-electron chi connectivity index (χ4n) is 0.437. The van der Waals surface area contributed by atoms with Gasteiger partial charge in [0, 0.05) is 12.4 Å². The van der Waals surface area contributed by atoms with Crippen molar-refractivity contribution in [1.82, 2.24) is 3.59 Å². The van der Waals surface area contributed by atoms with Crippen LogP contribution in [0.5, 0.6) is 0 Å². The van der Waals surface area contributed by atoms with Crippen LogP contribution in [-0.2, 0) is 0 Å². The molecule has 0 aliphatic rings. The molecule has 0 spiro atoms. The molecule has 8 heavy (non-hydrogen) atoms. The summed E-state index contributed by atoms with van der Waals surface area (Å²) in [5.41, 5.74) is 0.668. The second-order valence-electron chi connectivity index (χ2n) is 1.36. The molecule has 0 aliphatic heterocycles. The first-order chi connectivity index (χ1) is 3.83. The van der Waals surface area contributed by atoms with E-state index in [-0.39, 0.29) is 0 Å². The molecule has 0 radical (unpaired) electrons. The fourth-order valence-corrected chi connectivity index (χ4v) is 0.775. The molecule has 0 N–H and O–H groups in total. The lowest BCUT2D eigenvalue weighted by molar-refractivity contribution is 1.32. The molecule has 0 saturated carbocycles. The molecule has 0 fully saturated rings. The Balaban J connectivity index is 3.05. The summed E-state index contributed by atoms with van der Waals surface area (Å²) < 4.78 is 1.66. The summed E-state index contributed by atoms with van der Waals surface area (Å²) in [6.07, 6.45) is 3.46. The quantitative estimate of drug-likeness (QED) is 0.581. The molecule has 0 bridgehead atoms. The van der Waals surface area contributed by atoms with Gasteiger partial charge in [-0.25, -0.2) is 0 Å². The number of rotatable bonds is 0. The molecule has 2 nitrogen and oxygen atoms in total. The highest BCUT2D eigenvalue weighted by molar-refractivity contribution is 9.08. The van der Waals surface area contributed by atoms with Crippen LogP contribution in [-0.4, -0.2) is 3.59 Å². The first-order valence-corrected chi connectivity index (χ1v) is 2.78. The smallest absolute Gasteiger partial charge is 0.101 e. The number of aromatic nitrogens is 1. The van der Waals surface area contributed by atoms with E-state index >= 15 is 0 Å². The van der Waals surface area contributed by atoms with Gasteiger partial charge >= 0.3 is 0 Å². The third-order valence-electron chi connectivity index (χ3n) is 0.788. The van der Waals surface area contributed by atoms with Crippen LogP contribution in [0, 0.1) is 11.3 Å². The first-order valence-electron chi connectivity index (χ1n) is 2.07. The Morgan fingerprint density at radius 1 is 1.75 bits per heavy atom. The number of nitrogens with zero attached hydrogens (tertiary/aromatic N) is 2. The topological polar surface area (TPSA) is 28.7 Å². The summed E-state index contributed by atoms with van der Waals surface area (Å²) in [5, 5.41) is 8.27. The second kappa shape index (κ2) is 2.01. The van der Waals surface area contributed by atoms with Crippen LogP contribution in [0.25, 0.3) is 0 Å². The second-order valence-corrected chi connectivity index (χ2v) is 2.18. The zero-order valence-electron chi connectivity index (χ0n) is 4.00. The van der Waals surface area contributed by atoms with Gasteiger partial charge in [0.15, 0.2) is 0 Å². The molecule has 1 aromatic heterocycles. The lowest BCUT2D eigenvalue weighted by atomic mass is 10.4. The monoisotopic (exact) mass is 170 g/mol. The largest absolute Gasteiger partial charge is 0.290 e. The number of nitriles is 1. The molecule has 0 atom stereocenters. The highest BCUT2D eigenvalue weighted by Crippen LogP contribution is 2.00. The molecule has 1 aromatic rings. The average molecular weight is 171 g/mol. The van der Waals surface area contributed by atoms with E-state index in [2.05, 4.69) is 16.1 Å². The Morgan fingerprint density at radius 2 is 2.50 bits per heavy atom. The van der Waals surface area contributed by atoms with Crippen LogP contribution in [0.15, 0.2) is 18.5 Å². The number of hydrogen-bond donors (Lipinski definition) is 0. The predicted octanol–water partition coefficient (Wildman–Crippen LogP) is 1.52. The van der Waals surface area contributed by atoms with Crippen molar-refractivity contribution in [1.29, 1.82) is 5.26 Å². The van der Waals surface area contributed by atoms with E-state index in [1.165, 1.54) is 0 Å². The van der Waals surface area contributed by atoms with Crippen molar-refractivity contribution in [2.45, 2.75) is 0 Å². The zero-order chi connectivity index (χ0) is 5.98. The summed E-state index contributed by atoms with van der Waals surface area (Å²) in [7, 11) is 0. The molecular weight excluding hydrogens is 168 g/mol. The van der Waals surface area contributed by atoms with E-state index in [4.69, 9.17) is 5.26 Å². The van der Waals surface area contributed by atoms with Crippen molar-refractivity contribution < 1.29 is 0 Å². The normalized spacial score (nSPS) is 8.50. The van der Waals surface area contributed by atoms with E-state index in [9.17, 15) is 0 Å². The van der Waals surface area contributed by atoms with Gasteiger partial charge < -0.3 is 0 Å². The Kier molecular flexibility index (Phi) is 1.36. The summed E-state index contributed by atoms with van der Waals surface area (Å²) in [4.78, 5) is 0. The maximum absolute atomic E-state index is 8.27. The van der Waals surface area contributed by atoms with Crippen LogP contribution in [0.3, 0.4) is 0 Å². The van der Waals surface area contributed by atoms with E-state index in [0.29, 0.717) is 5.56 Å². The lowest BCUT2D eigenvalue weighted by Crippen LogP contribution is -1.65. The van der Waals surface area contributed by atoms with Gasteiger partial charge in [0.1, 0.15) is 6.07 Å². The first kappa shape index (κ1) is 5.39. The highest BCUT2D eigenvalue weighted by Gasteiger charge is 1.87. The third kappa shape index (κ3) is 0.903. The summed E-state index contributed by atoms with van der Waals surface area (Å²) in [6.45, 7) is 0. The standard InChI is InChI=1S/C5H3BrN2/c6-8-2-1-5(3-7)4-8/h1-2,4H. The number of halogens is 1. The molecule has 0 saturated heterocycles. The van der Waals surface area contributed by atoms with Gasteiger partial charge in [-0.15, -0.1) is 0 Å². The zero-order valence-corrected chi connectivity index (χ0v) is 5.59.